The van der Waals surface area contributed by atoms with Crippen molar-refractivity contribution >= 4 is 17.8 Å². The van der Waals surface area contributed by atoms with Gasteiger partial charge in [-0.3, -0.25) is 24.2 Å². The summed E-state index contributed by atoms with van der Waals surface area (Å²) < 4.78 is 51.0. The van der Waals surface area contributed by atoms with Gasteiger partial charge in [0.2, 0.25) is 11.8 Å². The van der Waals surface area contributed by atoms with E-state index >= 15 is 0 Å². The summed E-state index contributed by atoms with van der Waals surface area (Å²) in [6, 6.07) is 9.47. The van der Waals surface area contributed by atoms with Crippen LogP contribution in [0, 0.1) is 5.92 Å². The second-order valence-electron chi connectivity index (χ2n) is 10.9. The van der Waals surface area contributed by atoms with E-state index in [0.29, 0.717) is 36.1 Å². The van der Waals surface area contributed by atoms with Gasteiger partial charge in [-0.1, -0.05) is 37.5 Å². The van der Waals surface area contributed by atoms with Gasteiger partial charge in [-0.15, -0.1) is 0 Å². The van der Waals surface area contributed by atoms with E-state index in [0.717, 1.165) is 49.8 Å². The average molecular weight is 591 g/mol. The average Bonchev–Trinajstić information content (AvgIpc) is 3.28. The molecular weight excluding hydrogens is 553 g/mol. The molecule has 42 heavy (non-hydrogen) atoms. The summed E-state index contributed by atoms with van der Waals surface area (Å²) in [5, 5.41) is 9.77. The highest BCUT2D eigenvalue weighted by molar-refractivity contribution is 6.01. The third-order valence-corrected chi connectivity index (χ3v) is 7.99. The van der Waals surface area contributed by atoms with Crippen molar-refractivity contribution in [2.75, 3.05) is 26.8 Å². The van der Waals surface area contributed by atoms with E-state index in [1.807, 2.05) is 11.0 Å². The maximum atomic E-state index is 13.2. The molecule has 1 heterocycles. The zero-order chi connectivity index (χ0) is 30.3. The van der Waals surface area contributed by atoms with Crippen LogP contribution >= 0.6 is 0 Å². The van der Waals surface area contributed by atoms with Crippen molar-refractivity contribution in [3.05, 3.63) is 59.2 Å². The Balaban J connectivity index is 1.55. The molecule has 1 saturated carbocycles. The number of likely N-dealkylation sites (tertiary alicyclic amines) is 1. The SMILES string of the molecule is COc1cc(CN(CC2CCCCC2)C(CC(=O)O)c2ccc(C(F)(F)F)cc2)ccc1OCCN1C(=O)CCC1=O. The van der Waals surface area contributed by atoms with Crippen LogP contribution in [0.3, 0.4) is 0 Å². The molecule has 0 spiro atoms. The van der Waals surface area contributed by atoms with Crippen LogP contribution < -0.4 is 9.47 Å². The highest BCUT2D eigenvalue weighted by Crippen LogP contribution is 2.36. The second-order valence-corrected chi connectivity index (χ2v) is 10.9. The van der Waals surface area contributed by atoms with E-state index in [-0.39, 0.29) is 44.2 Å². The van der Waals surface area contributed by atoms with Crippen molar-refractivity contribution in [1.82, 2.24) is 9.80 Å². The van der Waals surface area contributed by atoms with Gasteiger partial charge in [-0.25, -0.2) is 0 Å². The Morgan fingerprint density at radius 2 is 1.69 bits per heavy atom. The molecular formula is C31H37F3N2O6. The smallest absolute Gasteiger partial charge is 0.416 e. The maximum Gasteiger partial charge on any atom is 0.416 e. The lowest BCUT2D eigenvalue weighted by Crippen LogP contribution is -2.35. The van der Waals surface area contributed by atoms with Crippen LogP contribution in [-0.4, -0.2) is 59.5 Å². The monoisotopic (exact) mass is 590 g/mol. The minimum Gasteiger partial charge on any atom is -0.493 e. The number of hydrogen-bond donors (Lipinski definition) is 1. The number of carboxylic acids is 1. The van der Waals surface area contributed by atoms with Gasteiger partial charge in [-0.05, 0) is 54.2 Å². The second kappa shape index (κ2) is 14.0. The molecule has 2 aromatic carbocycles. The van der Waals surface area contributed by atoms with Gasteiger partial charge in [0, 0.05) is 32.0 Å². The number of methoxy groups -OCH3 is 1. The number of carbonyl (C=O) groups is 3. The molecule has 4 rings (SSSR count). The molecule has 1 aliphatic carbocycles. The summed E-state index contributed by atoms with van der Waals surface area (Å²) in [4.78, 5) is 38.9. The molecule has 2 amide bonds. The predicted molar refractivity (Wildman–Crippen MR) is 148 cm³/mol. The Kier molecular flexibility index (Phi) is 10.5. The summed E-state index contributed by atoms with van der Waals surface area (Å²) >= 11 is 0. The van der Waals surface area contributed by atoms with Gasteiger partial charge < -0.3 is 14.6 Å². The number of aliphatic carboxylic acids is 1. The van der Waals surface area contributed by atoms with Crippen molar-refractivity contribution in [2.24, 2.45) is 5.92 Å². The first-order valence-corrected chi connectivity index (χ1v) is 14.3. The van der Waals surface area contributed by atoms with E-state index in [1.165, 1.54) is 24.1 Å². The van der Waals surface area contributed by atoms with E-state index < -0.39 is 23.8 Å². The minimum absolute atomic E-state index is 0.107. The van der Waals surface area contributed by atoms with Crippen molar-refractivity contribution in [3.63, 3.8) is 0 Å². The number of amides is 2. The fourth-order valence-corrected chi connectivity index (χ4v) is 5.80. The van der Waals surface area contributed by atoms with E-state index in [2.05, 4.69) is 0 Å². The third-order valence-electron chi connectivity index (χ3n) is 7.99. The first kappa shape index (κ1) is 31.3. The summed E-state index contributed by atoms with van der Waals surface area (Å²) in [6.45, 7) is 1.21. The summed E-state index contributed by atoms with van der Waals surface area (Å²) in [5.41, 5.74) is 0.555. The van der Waals surface area contributed by atoms with Gasteiger partial charge in [0.25, 0.3) is 0 Å². The number of alkyl halides is 3. The Hall–Kier alpha value is -3.60. The van der Waals surface area contributed by atoms with Gasteiger partial charge in [0.1, 0.15) is 6.61 Å². The lowest BCUT2D eigenvalue weighted by atomic mass is 9.88. The Morgan fingerprint density at radius 3 is 2.29 bits per heavy atom. The van der Waals surface area contributed by atoms with Gasteiger partial charge >= 0.3 is 12.1 Å². The predicted octanol–water partition coefficient (Wildman–Crippen LogP) is 5.84. The van der Waals surface area contributed by atoms with E-state index in [1.54, 1.807) is 12.1 Å². The largest absolute Gasteiger partial charge is 0.493 e. The first-order chi connectivity index (χ1) is 20.0. The maximum absolute atomic E-state index is 13.2. The van der Waals surface area contributed by atoms with Crippen LogP contribution in [0.1, 0.15) is 74.1 Å². The molecule has 0 aromatic heterocycles. The van der Waals surface area contributed by atoms with Crippen LogP contribution in [0.25, 0.3) is 0 Å². The highest BCUT2D eigenvalue weighted by Gasteiger charge is 2.32. The Morgan fingerprint density at radius 1 is 1.02 bits per heavy atom. The zero-order valence-electron chi connectivity index (χ0n) is 23.7. The van der Waals surface area contributed by atoms with E-state index in [9.17, 15) is 32.7 Å². The Bertz CT molecular complexity index is 1230. The summed E-state index contributed by atoms with van der Waals surface area (Å²) in [6.07, 6.45) is 1.06. The molecule has 11 heteroatoms. The molecule has 1 atom stereocenters. The summed E-state index contributed by atoms with van der Waals surface area (Å²) in [5.74, 6) is -0.242. The molecule has 2 aliphatic rings. The highest BCUT2D eigenvalue weighted by atomic mass is 19.4. The molecule has 0 bridgehead atoms. The number of carbonyl (C=O) groups excluding carboxylic acids is 2. The van der Waals surface area contributed by atoms with Crippen molar-refractivity contribution in [2.45, 2.75) is 70.1 Å². The Labute approximate surface area is 243 Å². The molecule has 228 valence electrons. The standard InChI is InChI=1S/C31H37F3N2O6/c1-41-27-17-22(7-12-26(27)42-16-15-36-28(37)13-14-29(36)38)20-35(19-21-5-3-2-4-6-21)25(18-30(39)40)23-8-10-24(11-9-23)31(32,33)34/h7-12,17,21,25H,2-6,13-16,18-20H2,1H3,(H,39,40). The molecule has 1 saturated heterocycles. The lowest BCUT2D eigenvalue weighted by molar-refractivity contribution is -0.140. The fraction of sp³-hybridized carbons (Fsp3) is 0.516. The molecule has 1 aliphatic heterocycles. The fourth-order valence-electron chi connectivity index (χ4n) is 5.80. The van der Waals surface area contributed by atoms with Crippen LogP contribution in [-0.2, 0) is 27.1 Å². The number of halogens is 3. The number of ether oxygens (including phenoxy) is 2. The van der Waals surface area contributed by atoms with Gasteiger partial charge in [-0.2, -0.15) is 13.2 Å². The van der Waals surface area contributed by atoms with Crippen molar-refractivity contribution in [1.29, 1.82) is 0 Å². The normalized spacial score (nSPS) is 17.1. The van der Waals surface area contributed by atoms with Crippen molar-refractivity contribution in [3.8, 4) is 11.5 Å². The molecule has 0 radical (unpaired) electrons. The number of hydrogen-bond acceptors (Lipinski definition) is 6. The number of carboxylic acid groups (broad SMARTS) is 1. The molecule has 1 N–H and O–H groups in total. The van der Waals surface area contributed by atoms with Gasteiger partial charge in [0.15, 0.2) is 11.5 Å². The third kappa shape index (κ3) is 8.24. The van der Waals surface area contributed by atoms with Crippen LogP contribution in [0.2, 0.25) is 0 Å². The topological polar surface area (TPSA) is 96.4 Å². The molecule has 1 unspecified atom stereocenters. The van der Waals surface area contributed by atoms with Gasteiger partial charge in [0.05, 0.1) is 25.6 Å². The quantitative estimate of drug-likeness (QED) is 0.293. The van der Waals surface area contributed by atoms with Crippen LogP contribution in [0.15, 0.2) is 42.5 Å². The number of benzene rings is 2. The number of imide groups is 1. The zero-order valence-corrected chi connectivity index (χ0v) is 23.7. The molecule has 2 aromatic rings. The van der Waals surface area contributed by atoms with Crippen LogP contribution in [0.4, 0.5) is 13.2 Å². The van der Waals surface area contributed by atoms with Crippen molar-refractivity contribution < 1.29 is 42.1 Å². The number of nitrogens with zero attached hydrogens (tertiary/aromatic N) is 2. The number of rotatable bonds is 13. The van der Waals surface area contributed by atoms with E-state index in [4.69, 9.17) is 9.47 Å². The molecule has 2 fully saturated rings. The van der Waals surface area contributed by atoms with Crippen LogP contribution in [0.5, 0.6) is 11.5 Å². The minimum atomic E-state index is -4.48. The molecule has 8 nitrogen and oxygen atoms in total. The lowest BCUT2D eigenvalue weighted by Gasteiger charge is -2.36. The first-order valence-electron chi connectivity index (χ1n) is 14.3. The summed E-state index contributed by atoms with van der Waals surface area (Å²) in [7, 11) is 1.49.